The zero-order valence-corrected chi connectivity index (χ0v) is 27.7. The summed E-state index contributed by atoms with van der Waals surface area (Å²) in [7, 11) is 3.02. The second-order valence-corrected chi connectivity index (χ2v) is 11.9. The molecule has 2 N–H and O–H groups in total. The molecule has 1 atom stereocenters. The number of amides is 4. The normalized spacial score (nSPS) is 14.3. The summed E-state index contributed by atoms with van der Waals surface area (Å²) in [6.07, 6.45) is 1.52. The largest absolute Gasteiger partial charge is 0.497 e. The molecule has 0 aromatic heterocycles. The van der Waals surface area contributed by atoms with Crippen LogP contribution in [0.25, 0.3) is 6.08 Å². The highest BCUT2D eigenvalue weighted by Crippen LogP contribution is 2.35. The lowest BCUT2D eigenvalue weighted by atomic mass is 10.1. The van der Waals surface area contributed by atoms with Crippen LogP contribution in [-0.2, 0) is 19.1 Å². The van der Waals surface area contributed by atoms with Crippen LogP contribution in [0.3, 0.4) is 0 Å². The van der Waals surface area contributed by atoms with Gasteiger partial charge in [-0.1, -0.05) is 18.2 Å². The van der Waals surface area contributed by atoms with Crippen LogP contribution in [0.4, 0.5) is 11.4 Å². The van der Waals surface area contributed by atoms with E-state index in [1.165, 1.54) is 44.2 Å². The van der Waals surface area contributed by atoms with E-state index in [0.717, 1.165) is 4.90 Å². The Hall–Kier alpha value is -5.88. The van der Waals surface area contributed by atoms with Crippen molar-refractivity contribution in [2.24, 2.45) is 0 Å². The predicted molar refractivity (Wildman–Crippen MR) is 186 cm³/mol. The third-order valence-electron chi connectivity index (χ3n) is 7.40. The van der Waals surface area contributed by atoms with Gasteiger partial charge in [0.1, 0.15) is 17.2 Å². The summed E-state index contributed by atoms with van der Waals surface area (Å²) < 4.78 is 15.7. The number of hydrogen-bond donors (Lipinski definition) is 2. The highest BCUT2D eigenvalue weighted by Gasteiger charge is 2.40. The molecule has 4 amide bonds. The Balaban J connectivity index is 1.28. The second-order valence-electron chi connectivity index (χ2n) is 10.6. The van der Waals surface area contributed by atoms with E-state index in [0.29, 0.717) is 44.5 Å². The number of carbonyl (C=O) groups excluding carboxylic acids is 5. The van der Waals surface area contributed by atoms with Crippen molar-refractivity contribution in [3.8, 4) is 11.5 Å². The number of nitrogens with zero attached hydrogens (tertiary/aromatic N) is 1. The smallest absolute Gasteiger partial charge is 0.338 e. The first-order valence-electron chi connectivity index (χ1n) is 15.2. The van der Waals surface area contributed by atoms with Gasteiger partial charge in [0.25, 0.3) is 11.8 Å². The fraction of sp³-hybridized carbons (Fsp3) is 0.162. The second kappa shape index (κ2) is 15.8. The van der Waals surface area contributed by atoms with E-state index in [1.54, 1.807) is 91.9 Å². The summed E-state index contributed by atoms with van der Waals surface area (Å²) in [6.45, 7) is 1.95. The minimum absolute atomic E-state index is 0.00566. The lowest BCUT2D eigenvalue weighted by molar-refractivity contribution is -0.121. The lowest BCUT2D eigenvalue weighted by Gasteiger charge is -2.15. The first kappa shape index (κ1) is 34.5. The molecule has 0 radical (unpaired) electrons. The average Bonchev–Trinajstić information content (AvgIpc) is 3.40. The van der Waals surface area contributed by atoms with Gasteiger partial charge in [0.2, 0.25) is 11.8 Å². The molecule has 0 aliphatic carbocycles. The lowest BCUT2D eigenvalue weighted by Crippen LogP contribution is -2.31. The molecule has 0 bridgehead atoms. The molecular weight excluding hydrogens is 646 g/mol. The number of methoxy groups -OCH3 is 2. The van der Waals surface area contributed by atoms with Gasteiger partial charge < -0.3 is 24.8 Å². The minimum Gasteiger partial charge on any atom is -0.497 e. The fourth-order valence-corrected chi connectivity index (χ4v) is 6.00. The Bertz CT molecular complexity index is 1890. The Kier molecular flexibility index (Phi) is 11.1. The molecule has 11 nitrogen and oxygen atoms in total. The van der Waals surface area contributed by atoms with Crippen LogP contribution in [0.15, 0.2) is 108 Å². The summed E-state index contributed by atoms with van der Waals surface area (Å²) in [6, 6.07) is 26.5. The number of rotatable bonds is 12. The number of anilines is 2. The van der Waals surface area contributed by atoms with Gasteiger partial charge in [-0.3, -0.25) is 19.2 Å². The number of thioether (sulfide) groups is 1. The molecule has 5 rings (SSSR count). The van der Waals surface area contributed by atoms with E-state index < -0.39 is 23.0 Å². The molecule has 0 spiro atoms. The van der Waals surface area contributed by atoms with Crippen LogP contribution in [0.1, 0.15) is 39.6 Å². The monoisotopic (exact) mass is 679 g/mol. The quantitative estimate of drug-likeness (QED) is 0.109. The van der Waals surface area contributed by atoms with Gasteiger partial charge in [-0.05, 0) is 85.8 Å². The van der Waals surface area contributed by atoms with Crippen molar-refractivity contribution in [3.63, 3.8) is 0 Å². The summed E-state index contributed by atoms with van der Waals surface area (Å²) in [5.74, 6) is -1.25. The van der Waals surface area contributed by atoms with Crippen molar-refractivity contribution in [1.82, 2.24) is 5.32 Å². The number of esters is 1. The summed E-state index contributed by atoms with van der Waals surface area (Å²) in [5.41, 5.74) is 2.02. The number of benzene rings is 4. The summed E-state index contributed by atoms with van der Waals surface area (Å²) in [5, 5.41) is 4.86. The Morgan fingerprint density at radius 3 is 2.24 bits per heavy atom. The first-order valence-corrected chi connectivity index (χ1v) is 16.1. The molecule has 250 valence electrons. The Morgan fingerprint density at radius 2 is 1.59 bits per heavy atom. The zero-order chi connectivity index (χ0) is 34.9. The number of ether oxygens (including phenoxy) is 3. The number of carbonyl (C=O) groups is 5. The average molecular weight is 680 g/mol. The zero-order valence-electron chi connectivity index (χ0n) is 26.9. The van der Waals surface area contributed by atoms with E-state index in [2.05, 4.69) is 10.6 Å². The fourth-order valence-electron chi connectivity index (χ4n) is 4.94. The van der Waals surface area contributed by atoms with E-state index in [9.17, 15) is 24.0 Å². The van der Waals surface area contributed by atoms with E-state index in [-0.39, 0.29) is 30.5 Å². The highest BCUT2D eigenvalue weighted by molar-refractivity contribution is 8.00. The van der Waals surface area contributed by atoms with Crippen molar-refractivity contribution >= 4 is 58.8 Å². The van der Waals surface area contributed by atoms with Gasteiger partial charge in [-0.2, -0.15) is 0 Å². The third kappa shape index (κ3) is 8.35. The van der Waals surface area contributed by atoms with Crippen molar-refractivity contribution in [1.29, 1.82) is 0 Å². The maximum absolute atomic E-state index is 13.5. The number of nitrogens with one attached hydrogen (secondary N) is 2. The molecule has 1 aliphatic rings. The molecule has 1 aliphatic heterocycles. The highest BCUT2D eigenvalue weighted by atomic mass is 32.2. The molecule has 4 aromatic carbocycles. The summed E-state index contributed by atoms with van der Waals surface area (Å²) >= 11 is 1.23. The maximum Gasteiger partial charge on any atom is 0.338 e. The molecule has 1 saturated heterocycles. The van der Waals surface area contributed by atoms with Gasteiger partial charge in [-0.15, -0.1) is 11.8 Å². The van der Waals surface area contributed by atoms with Crippen LogP contribution in [-0.4, -0.2) is 55.7 Å². The van der Waals surface area contributed by atoms with Crippen LogP contribution < -0.4 is 25.0 Å². The van der Waals surface area contributed by atoms with Crippen LogP contribution in [0.2, 0.25) is 0 Å². The van der Waals surface area contributed by atoms with E-state index in [1.807, 2.05) is 0 Å². The van der Waals surface area contributed by atoms with Crippen molar-refractivity contribution in [2.75, 3.05) is 31.0 Å². The van der Waals surface area contributed by atoms with Crippen LogP contribution in [0.5, 0.6) is 11.5 Å². The Morgan fingerprint density at radius 1 is 0.878 bits per heavy atom. The van der Waals surface area contributed by atoms with Crippen molar-refractivity contribution in [3.05, 3.63) is 119 Å². The maximum atomic E-state index is 13.5. The van der Waals surface area contributed by atoms with Gasteiger partial charge in [0, 0.05) is 34.2 Å². The number of imide groups is 1. The molecule has 49 heavy (non-hydrogen) atoms. The predicted octanol–water partition coefficient (Wildman–Crippen LogP) is 5.71. The SMILES string of the molecule is CCOC(=O)c1ccc(N2C(=O)CC(Sc3ccc(NC(=O)/C(=C/c4ccc(OC)cc4OC)NC(=O)c4ccccc4)cc3)C2=O)cc1. The molecule has 1 fully saturated rings. The third-order valence-corrected chi connectivity index (χ3v) is 8.60. The van der Waals surface area contributed by atoms with Crippen molar-refractivity contribution < 1.29 is 38.2 Å². The number of hydrogen-bond acceptors (Lipinski definition) is 9. The van der Waals surface area contributed by atoms with Crippen molar-refractivity contribution in [2.45, 2.75) is 23.5 Å². The van der Waals surface area contributed by atoms with Gasteiger partial charge in [0.05, 0.1) is 37.3 Å². The standard InChI is InChI=1S/C37H33N3O8S/c1-4-48-37(45)24-10-15-27(16-11-24)40-33(41)22-32(36(40)44)49-29-18-13-26(14-19-29)38-35(43)30(39-34(42)23-8-6-5-7-9-23)20-25-12-17-28(46-2)21-31(25)47-3/h5-21,32H,4,22H2,1-3H3,(H,38,43)(H,39,42)/b30-20-. The molecule has 1 heterocycles. The van der Waals surface area contributed by atoms with E-state index >= 15 is 0 Å². The van der Waals surface area contributed by atoms with Gasteiger partial charge in [0.15, 0.2) is 0 Å². The molecular formula is C37H33N3O8S. The molecule has 4 aromatic rings. The molecule has 0 saturated carbocycles. The van der Waals surface area contributed by atoms with Gasteiger partial charge >= 0.3 is 5.97 Å². The van der Waals surface area contributed by atoms with Crippen LogP contribution in [0, 0.1) is 0 Å². The summed E-state index contributed by atoms with van der Waals surface area (Å²) in [4.78, 5) is 66.4. The Labute approximate surface area is 287 Å². The van der Waals surface area contributed by atoms with E-state index in [4.69, 9.17) is 14.2 Å². The topological polar surface area (TPSA) is 140 Å². The molecule has 1 unspecified atom stereocenters. The first-order chi connectivity index (χ1) is 23.7. The minimum atomic E-state index is -0.653. The van der Waals surface area contributed by atoms with Crippen LogP contribution >= 0.6 is 11.8 Å². The molecule has 12 heteroatoms. The van der Waals surface area contributed by atoms with Gasteiger partial charge in [-0.25, -0.2) is 9.69 Å².